The Morgan fingerprint density at radius 3 is 2.83 bits per heavy atom. The SMILES string of the molecule is CC(=O)Nc1scc2c1c(=O)oc1ccccc12. The maximum absolute atomic E-state index is 11.9. The number of rotatable bonds is 1. The number of hydrogen-bond acceptors (Lipinski definition) is 4. The van der Waals surface area contributed by atoms with Gasteiger partial charge in [0.25, 0.3) is 0 Å². The molecule has 2 heterocycles. The van der Waals surface area contributed by atoms with Crippen LogP contribution < -0.4 is 10.9 Å². The van der Waals surface area contributed by atoms with E-state index >= 15 is 0 Å². The Balaban J connectivity index is 2.42. The molecule has 3 rings (SSSR count). The van der Waals surface area contributed by atoms with Crippen LogP contribution in [0.25, 0.3) is 21.7 Å². The molecule has 1 N–H and O–H groups in total. The maximum atomic E-state index is 11.9. The molecule has 4 nitrogen and oxygen atoms in total. The van der Waals surface area contributed by atoms with E-state index in [-0.39, 0.29) is 5.91 Å². The van der Waals surface area contributed by atoms with Crippen LogP contribution in [-0.4, -0.2) is 5.91 Å². The van der Waals surface area contributed by atoms with Crippen LogP contribution in [0.3, 0.4) is 0 Å². The molecule has 0 saturated carbocycles. The first-order chi connectivity index (χ1) is 8.66. The lowest BCUT2D eigenvalue weighted by Gasteiger charge is -2.00. The number of thiophene rings is 1. The van der Waals surface area contributed by atoms with Crippen LogP contribution in [0.4, 0.5) is 5.00 Å². The Morgan fingerprint density at radius 1 is 1.28 bits per heavy atom. The molecule has 2 aromatic heterocycles. The number of nitrogens with one attached hydrogen (secondary N) is 1. The molecular weight excluding hydrogens is 250 g/mol. The standard InChI is InChI=1S/C13H9NO3S/c1-7(15)14-12-11-9(6-18-12)8-4-2-3-5-10(8)17-13(11)16/h2-6H,1H3,(H,14,15). The van der Waals surface area contributed by atoms with Gasteiger partial charge < -0.3 is 9.73 Å². The minimum atomic E-state index is -0.422. The Hall–Kier alpha value is -2.14. The molecule has 0 bridgehead atoms. The molecule has 0 fully saturated rings. The van der Waals surface area contributed by atoms with Crippen LogP contribution in [0, 0.1) is 0 Å². The number of para-hydroxylation sites is 1. The fourth-order valence-electron chi connectivity index (χ4n) is 1.94. The van der Waals surface area contributed by atoms with E-state index in [1.54, 1.807) is 6.07 Å². The summed E-state index contributed by atoms with van der Waals surface area (Å²) in [5.41, 5.74) is 0.135. The third-order valence-corrected chi connectivity index (χ3v) is 3.56. The zero-order chi connectivity index (χ0) is 12.7. The monoisotopic (exact) mass is 259 g/mol. The summed E-state index contributed by atoms with van der Waals surface area (Å²) in [5.74, 6) is -0.202. The van der Waals surface area contributed by atoms with Crippen molar-refractivity contribution >= 4 is 44.0 Å². The lowest BCUT2D eigenvalue weighted by molar-refractivity contribution is -0.114. The third kappa shape index (κ3) is 1.60. The molecule has 0 radical (unpaired) electrons. The van der Waals surface area contributed by atoms with E-state index in [0.29, 0.717) is 16.0 Å². The molecule has 0 unspecified atom stereocenters. The first-order valence-electron chi connectivity index (χ1n) is 5.37. The highest BCUT2D eigenvalue weighted by atomic mass is 32.1. The zero-order valence-corrected chi connectivity index (χ0v) is 10.3. The van der Waals surface area contributed by atoms with Crippen molar-refractivity contribution in [2.75, 3.05) is 5.32 Å². The van der Waals surface area contributed by atoms with Gasteiger partial charge in [-0.1, -0.05) is 18.2 Å². The fourth-order valence-corrected chi connectivity index (χ4v) is 2.93. The summed E-state index contributed by atoms with van der Waals surface area (Å²) in [4.78, 5) is 23.0. The fraction of sp³-hybridized carbons (Fsp3) is 0.0769. The lowest BCUT2D eigenvalue weighted by Crippen LogP contribution is -2.07. The molecule has 0 atom stereocenters. The summed E-state index contributed by atoms with van der Waals surface area (Å²) in [7, 11) is 0. The Labute approximate surface area is 106 Å². The molecule has 0 saturated heterocycles. The summed E-state index contributed by atoms with van der Waals surface area (Å²) >= 11 is 1.33. The van der Waals surface area contributed by atoms with Crippen LogP contribution in [0.2, 0.25) is 0 Å². The van der Waals surface area contributed by atoms with Gasteiger partial charge >= 0.3 is 5.63 Å². The molecular formula is C13H9NO3S. The van der Waals surface area contributed by atoms with Gasteiger partial charge in [-0.15, -0.1) is 11.3 Å². The second-order valence-corrected chi connectivity index (χ2v) is 4.80. The Kier molecular flexibility index (Phi) is 2.41. The number of anilines is 1. The predicted octanol–water partition coefficient (Wildman–Crippen LogP) is 2.97. The number of benzene rings is 1. The topological polar surface area (TPSA) is 59.3 Å². The molecule has 5 heteroatoms. The van der Waals surface area contributed by atoms with Crippen LogP contribution >= 0.6 is 11.3 Å². The van der Waals surface area contributed by atoms with Crippen molar-refractivity contribution in [1.82, 2.24) is 0 Å². The van der Waals surface area contributed by atoms with Crippen molar-refractivity contribution < 1.29 is 9.21 Å². The number of hydrogen-bond donors (Lipinski definition) is 1. The normalized spacial score (nSPS) is 10.9. The van der Waals surface area contributed by atoms with Crippen molar-refractivity contribution in [2.45, 2.75) is 6.92 Å². The lowest BCUT2D eigenvalue weighted by atomic mass is 10.1. The number of carbonyl (C=O) groups is 1. The summed E-state index contributed by atoms with van der Waals surface area (Å²) < 4.78 is 5.26. The van der Waals surface area contributed by atoms with Gasteiger partial charge in [0.15, 0.2) is 0 Å². The van der Waals surface area contributed by atoms with Crippen LogP contribution in [-0.2, 0) is 4.79 Å². The van der Waals surface area contributed by atoms with Gasteiger partial charge in [-0.2, -0.15) is 0 Å². The molecule has 0 aliphatic rings. The summed E-state index contributed by atoms with van der Waals surface area (Å²) in [6, 6.07) is 7.35. The average molecular weight is 259 g/mol. The molecule has 1 amide bonds. The van der Waals surface area contributed by atoms with Gasteiger partial charge in [-0.25, -0.2) is 4.79 Å². The first-order valence-corrected chi connectivity index (χ1v) is 6.25. The summed E-state index contributed by atoms with van der Waals surface area (Å²) in [6.07, 6.45) is 0. The Bertz CT molecular complexity index is 816. The predicted molar refractivity (Wildman–Crippen MR) is 72.2 cm³/mol. The van der Waals surface area contributed by atoms with Gasteiger partial charge in [0.1, 0.15) is 16.0 Å². The van der Waals surface area contributed by atoms with Crippen LogP contribution in [0.1, 0.15) is 6.92 Å². The van der Waals surface area contributed by atoms with Gasteiger partial charge in [0, 0.05) is 23.1 Å². The van der Waals surface area contributed by atoms with E-state index in [1.807, 2.05) is 23.6 Å². The molecule has 0 aliphatic carbocycles. The highest BCUT2D eigenvalue weighted by Crippen LogP contribution is 2.33. The van der Waals surface area contributed by atoms with Crippen molar-refractivity contribution in [3.05, 3.63) is 40.1 Å². The number of carbonyl (C=O) groups excluding carboxylic acids is 1. The zero-order valence-electron chi connectivity index (χ0n) is 9.52. The van der Waals surface area contributed by atoms with Crippen LogP contribution in [0.5, 0.6) is 0 Å². The van der Waals surface area contributed by atoms with Gasteiger partial charge in [-0.3, -0.25) is 4.79 Å². The Morgan fingerprint density at radius 2 is 2.06 bits per heavy atom. The summed E-state index contributed by atoms with van der Waals surface area (Å²) in [6.45, 7) is 1.41. The van der Waals surface area contributed by atoms with Crippen molar-refractivity contribution in [2.24, 2.45) is 0 Å². The molecule has 3 aromatic rings. The van der Waals surface area contributed by atoms with Gasteiger partial charge in [0.05, 0.1) is 0 Å². The minimum Gasteiger partial charge on any atom is -0.422 e. The highest BCUT2D eigenvalue weighted by Gasteiger charge is 2.13. The molecule has 18 heavy (non-hydrogen) atoms. The van der Waals surface area contributed by atoms with Crippen molar-refractivity contribution in [1.29, 1.82) is 0 Å². The van der Waals surface area contributed by atoms with Crippen LogP contribution in [0.15, 0.2) is 38.9 Å². The van der Waals surface area contributed by atoms with E-state index in [1.165, 1.54) is 18.3 Å². The third-order valence-electron chi connectivity index (χ3n) is 2.66. The second-order valence-electron chi connectivity index (χ2n) is 3.92. The summed E-state index contributed by atoms with van der Waals surface area (Å²) in [5, 5.41) is 7.18. The molecule has 0 aliphatic heterocycles. The van der Waals surface area contributed by atoms with Crippen molar-refractivity contribution in [3.63, 3.8) is 0 Å². The smallest absolute Gasteiger partial charge is 0.347 e. The van der Waals surface area contributed by atoms with Gasteiger partial charge in [-0.05, 0) is 6.07 Å². The quantitative estimate of drug-likeness (QED) is 0.683. The average Bonchev–Trinajstić information content (AvgIpc) is 2.73. The second kappa shape index (κ2) is 3.96. The van der Waals surface area contributed by atoms with Crippen molar-refractivity contribution in [3.8, 4) is 0 Å². The van der Waals surface area contributed by atoms with E-state index in [0.717, 1.165) is 10.8 Å². The number of fused-ring (bicyclic) bond motifs is 3. The van der Waals surface area contributed by atoms with E-state index in [9.17, 15) is 9.59 Å². The largest absolute Gasteiger partial charge is 0.422 e. The first kappa shape index (κ1) is 11.0. The molecule has 0 spiro atoms. The molecule has 1 aromatic carbocycles. The van der Waals surface area contributed by atoms with E-state index in [4.69, 9.17) is 4.42 Å². The maximum Gasteiger partial charge on any atom is 0.347 e. The minimum absolute atomic E-state index is 0.202. The van der Waals surface area contributed by atoms with E-state index < -0.39 is 5.63 Å². The number of amides is 1. The van der Waals surface area contributed by atoms with Gasteiger partial charge in [0.2, 0.25) is 5.91 Å². The highest BCUT2D eigenvalue weighted by molar-refractivity contribution is 7.16. The van der Waals surface area contributed by atoms with E-state index in [2.05, 4.69) is 5.32 Å². The molecule has 90 valence electrons.